The van der Waals surface area contributed by atoms with Crippen molar-refractivity contribution >= 4 is 37.6 Å². The molecule has 1 saturated heterocycles. The topological polar surface area (TPSA) is 42.7 Å². The molecule has 114 valence electrons. The van der Waals surface area contributed by atoms with Crippen LogP contribution in [0.4, 0.5) is 0 Å². The summed E-state index contributed by atoms with van der Waals surface area (Å²) in [5, 5.41) is 2.21. The van der Waals surface area contributed by atoms with Gasteiger partial charge in [0.15, 0.2) is 0 Å². The van der Waals surface area contributed by atoms with Crippen LogP contribution in [-0.4, -0.2) is 62.4 Å². The van der Waals surface area contributed by atoms with Crippen LogP contribution in [0.3, 0.4) is 0 Å². The van der Waals surface area contributed by atoms with Crippen LogP contribution < -0.4 is 4.48 Å². The number of thiazole rings is 1. The van der Waals surface area contributed by atoms with Crippen molar-refractivity contribution in [1.29, 1.82) is 0 Å². The zero-order valence-electron chi connectivity index (χ0n) is 12.1. The van der Waals surface area contributed by atoms with Gasteiger partial charge in [-0.3, -0.25) is 0 Å². The normalized spacial score (nSPS) is 16.4. The molecule has 3 aromatic heterocycles. The maximum atomic E-state index is 5.42. The number of ether oxygens (including phenoxy) is 1. The Balaban J connectivity index is 1.66. The SMILES string of the molecule is [AsH2]c1ncccc1-c1cn2c(CN3CCOCC3)csc2n1. The van der Waals surface area contributed by atoms with Gasteiger partial charge < -0.3 is 0 Å². The van der Waals surface area contributed by atoms with Crippen molar-refractivity contribution in [3.63, 3.8) is 0 Å². The van der Waals surface area contributed by atoms with Gasteiger partial charge in [0.05, 0.1) is 0 Å². The molecule has 1 aliphatic heterocycles. The quantitative estimate of drug-likeness (QED) is 0.627. The minimum absolute atomic E-state index is 0.833. The van der Waals surface area contributed by atoms with E-state index < -0.39 is 0 Å². The molecule has 0 N–H and O–H groups in total. The average Bonchev–Trinajstić information content (AvgIpc) is 3.11. The first-order valence-corrected chi connectivity index (χ1v) is 9.37. The predicted molar refractivity (Wildman–Crippen MR) is 90.6 cm³/mol. The van der Waals surface area contributed by atoms with Crippen LogP contribution >= 0.6 is 11.3 Å². The van der Waals surface area contributed by atoms with E-state index in [1.807, 2.05) is 12.3 Å². The molecule has 0 amide bonds. The van der Waals surface area contributed by atoms with Gasteiger partial charge in [-0.05, 0) is 0 Å². The first-order chi connectivity index (χ1) is 10.8. The molecular weight excluding hydrogens is 359 g/mol. The van der Waals surface area contributed by atoms with Gasteiger partial charge in [0.2, 0.25) is 0 Å². The van der Waals surface area contributed by atoms with Gasteiger partial charge in [-0.1, -0.05) is 0 Å². The Morgan fingerprint density at radius 3 is 3.00 bits per heavy atom. The number of morpholine rings is 1. The Morgan fingerprint density at radius 2 is 2.18 bits per heavy atom. The van der Waals surface area contributed by atoms with E-state index in [1.54, 1.807) is 11.3 Å². The number of nitrogens with zero attached hydrogens (tertiary/aromatic N) is 4. The number of aromatic nitrogens is 3. The standard InChI is InChI=1S/C15H17AsN4OS/c16-14-12(2-1-3-17-14)13-9-20-11(10-22-15(20)18-13)8-19-4-6-21-7-5-19/h1-3,9-10H,4-8,16H2. The van der Waals surface area contributed by atoms with Crippen molar-refractivity contribution in [2.24, 2.45) is 0 Å². The van der Waals surface area contributed by atoms with Crippen molar-refractivity contribution in [2.45, 2.75) is 6.54 Å². The Bertz CT molecular complexity index is 794. The molecule has 5 nitrogen and oxygen atoms in total. The van der Waals surface area contributed by atoms with E-state index in [0.29, 0.717) is 0 Å². The van der Waals surface area contributed by atoms with Crippen LogP contribution in [0.5, 0.6) is 0 Å². The predicted octanol–water partition coefficient (Wildman–Crippen LogP) is 0.548. The Labute approximate surface area is 141 Å². The van der Waals surface area contributed by atoms with E-state index in [-0.39, 0.29) is 0 Å². The summed E-state index contributed by atoms with van der Waals surface area (Å²) in [6.45, 7) is 4.63. The van der Waals surface area contributed by atoms with E-state index in [2.05, 4.69) is 31.9 Å². The molecule has 4 rings (SSSR count). The van der Waals surface area contributed by atoms with Gasteiger partial charge in [0, 0.05) is 0 Å². The van der Waals surface area contributed by atoms with E-state index in [4.69, 9.17) is 9.72 Å². The van der Waals surface area contributed by atoms with Gasteiger partial charge in [-0.15, -0.1) is 0 Å². The second-order valence-corrected chi connectivity index (χ2v) is 7.31. The molecule has 7 heteroatoms. The third-order valence-electron chi connectivity index (χ3n) is 3.89. The van der Waals surface area contributed by atoms with Crippen molar-refractivity contribution in [1.82, 2.24) is 19.3 Å². The molecule has 0 aromatic carbocycles. The third-order valence-corrected chi connectivity index (χ3v) is 5.74. The number of rotatable bonds is 3. The van der Waals surface area contributed by atoms with Crippen molar-refractivity contribution in [2.75, 3.05) is 26.3 Å². The van der Waals surface area contributed by atoms with Gasteiger partial charge in [0.25, 0.3) is 0 Å². The molecule has 22 heavy (non-hydrogen) atoms. The summed E-state index contributed by atoms with van der Waals surface area (Å²) in [4.78, 5) is 12.6. The molecule has 4 heterocycles. The Morgan fingerprint density at radius 1 is 1.32 bits per heavy atom. The molecule has 0 bridgehead atoms. The summed E-state index contributed by atoms with van der Waals surface area (Å²) in [7, 11) is 0. The van der Waals surface area contributed by atoms with E-state index >= 15 is 0 Å². The summed E-state index contributed by atoms with van der Waals surface area (Å²) in [6.07, 6.45) is 3.98. The number of hydrogen-bond donors (Lipinski definition) is 0. The second kappa shape index (κ2) is 6.12. The molecule has 1 fully saturated rings. The van der Waals surface area contributed by atoms with Crippen LogP contribution in [0.2, 0.25) is 0 Å². The van der Waals surface area contributed by atoms with Gasteiger partial charge in [-0.2, -0.15) is 0 Å². The van der Waals surface area contributed by atoms with Crippen LogP contribution in [0.15, 0.2) is 29.9 Å². The second-order valence-electron chi connectivity index (χ2n) is 5.33. The van der Waals surface area contributed by atoms with Crippen LogP contribution in [0, 0.1) is 0 Å². The van der Waals surface area contributed by atoms with Crippen LogP contribution in [-0.2, 0) is 11.3 Å². The molecule has 1 unspecified atom stereocenters. The summed E-state index contributed by atoms with van der Waals surface area (Å²) in [6, 6.07) is 4.07. The first-order valence-electron chi connectivity index (χ1n) is 7.28. The minimum atomic E-state index is 0.833. The fourth-order valence-corrected chi connectivity index (χ4v) is 4.25. The van der Waals surface area contributed by atoms with Crippen molar-refractivity contribution < 1.29 is 4.74 Å². The zero-order valence-corrected chi connectivity index (χ0v) is 15.3. The third kappa shape index (κ3) is 2.72. The van der Waals surface area contributed by atoms with Crippen molar-refractivity contribution in [3.8, 4) is 11.3 Å². The Kier molecular flexibility index (Phi) is 4.01. The fourth-order valence-electron chi connectivity index (χ4n) is 2.70. The maximum absolute atomic E-state index is 5.42. The van der Waals surface area contributed by atoms with E-state index in [0.717, 1.165) is 53.5 Å². The monoisotopic (exact) mass is 376 g/mol. The molecular formula is C15H17AsN4OS. The zero-order chi connectivity index (χ0) is 14.9. The molecule has 0 aliphatic carbocycles. The van der Waals surface area contributed by atoms with Gasteiger partial charge in [-0.25, -0.2) is 0 Å². The van der Waals surface area contributed by atoms with Gasteiger partial charge in [0.1, 0.15) is 0 Å². The Hall–Kier alpha value is -1.20. The first kappa shape index (κ1) is 14.4. The molecule has 0 radical (unpaired) electrons. The molecule has 0 saturated carbocycles. The summed E-state index contributed by atoms with van der Waals surface area (Å²) in [5.74, 6) is 0. The van der Waals surface area contributed by atoms with Crippen molar-refractivity contribution in [3.05, 3.63) is 35.6 Å². The number of hydrogen-bond acceptors (Lipinski definition) is 5. The number of fused-ring (bicyclic) bond motifs is 1. The average molecular weight is 376 g/mol. The molecule has 1 aliphatic rings. The molecule has 1 atom stereocenters. The van der Waals surface area contributed by atoms with E-state index in [9.17, 15) is 0 Å². The number of imidazole rings is 1. The molecule has 3 aromatic rings. The number of pyridine rings is 1. The van der Waals surface area contributed by atoms with Crippen LogP contribution in [0.25, 0.3) is 16.2 Å². The van der Waals surface area contributed by atoms with E-state index in [1.165, 1.54) is 22.5 Å². The fraction of sp³-hybridized carbons (Fsp3) is 0.333. The summed E-state index contributed by atoms with van der Waals surface area (Å²) in [5.41, 5.74) is 3.45. The summed E-state index contributed by atoms with van der Waals surface area (Å²) >= 11 is 3.24. The molecule has 0 spiro atoms. The van der Waals surface area contributed by atoms with Crippen LogP contribution in [0.1, 0.15) is 5.69 Å². The van der Waals surface area contributed by atoms with Gasteiger partial charge >= 0.3 is 141 Å². The summed E-state index contributed by atoms with van der Waals surface area (Å²) < 4.78 is 8.71.